The van der Waals surface area contributed by atoms with E-state index in [1.165, 1.54) is 12.0 Å². The van der Waals surface area contributed by atoms with E-state index in [1.807, 2.05) is 0 Å². The molecule has 0 spiro atoms. The van der Waals surface area contributed by atoms with Gasteiger partial charge in [0.1, 0.15) is 0 Å². The maximum absolute atomic E-state index is 3.46. The maximum atomic E-state index is 3.46. The van der Waals surface area contributed by atoms with Crippen molar-refractivity contribution < 1.29 is 0 Å². The molecule has 16 heavy (non-hydrogen) atoms. The van der Waals surface area contributed by atoms with Gasteiger partial charge in [0.05, 0.1) is 6.67 Å². The third-order valence-corrected chi connectivity index (χ3v) is 3.22. The molecule has 1 heterocycles. The fourth-order valence-electron chi connectivity index (χ4n) is 1.84. The Kier molecular flexibility index (Phi) is 4.28. The van der Waals surface area contributed by atoms with Crippen molar-refractivity contribution >= 4 is 15.9 Å². The zero-order valence-electron chi connectivity index (χ0n) is 9.35. The van der Waals surface area contributed by atoms with Crippen LogP contribution in [0, 0.1) is 0 Å². The lowest BCUT2D eigenvalue weighted by atomic mass is 10.2. The first-order valence-electron chi connectivity index (χ1n) is 5.65. The summed E-state index contributed by atoms with van der Waals surface area (Å²) in [6.07, 6.45) is 5.57. The van der Waals surface area contributed by atoms with E-state index in [0.29, 0.717) is 0 Å². The molecule has 0 fully saturated rings. The summed E-state index contributed by atoms with van der Waals surface area (Å²) in [4.78, 5) is 4.69. The fourth-order valence-corrected chi connectivity index (χ4v) is 2.10. The van der Waals surface area contributed by atoms with Gasteiger partial charge >= 0.3 is 0 Å². The molecule has 0 aromatic heterocycles. The third-order valence-electron chi connectivity index (χ3n) is 2.66. The summed E-state index contributed by atoms with van der Waals surface area (Å²) in [5.41, 5.74) is 1.37. The van der Waals surface area contributed by atoms with Crippen LogP contribution in [0.1, 0.15) is 12.0 Å². The van der Waals surface area contributed by atoms with E-state index >= 15 is 0 Å². The average Bonchev–Trinajstić information content (AvgIpc) is 2.75. The molecule has 0 bridgehead atoms. The molecular formula is C13H17BrN2. The Balaban J connectivity index is 1.80. The molecule has 3 heteroatoms. The Bertz CT molecular complexity index is 337. The summed E-state index contributed by atoms with van der Waals surface area (Å²) in [6, 6.07) is 10.6. The average molecular weight is 281 g/mol. The Hall–Kier alpha value is -0.960. The number of rotatable bonds is 5. The van der Waals surface area contributed by atoms with Crippen molar-refractivity contribution in [3.8, 4) is 0 Å². The standard InChI is InChI=1S/C13H17BrN2/c14-7-4-8-15-9-10-16(12-15)11-13-5-2-1-3-6-13/h1-3,5-6,9-10H,4,7-8,11-12H2. The van der Waals surface area contributed by atoms with Crippen molar-refractivity contribution in [2.45, 2.75) is 13.0 Å². The van der Waals surface area contributed by atoms with Gasteiger partial charge in [-0.05, 0) is 12.0 Å². The minimum absolute atomic E-state index is 1.00. The SMILES string of the molecule is BrCCCN1C=CN(Cc2ccccc2)C1. The molecule has 0 aliphatic carbocycles. The van der Waals surface area contributed by atoms with Crippen LogP contribution in [0.2, 0.25) is 0 Å². The van der Waals surface area contributed by atoms with Gasteiger partial charge in [-0.3, -0.25) is 0 Å². The van der Waals surface area contributed by atoms with Crippen LogP contribution in [0.3, 0.4) is 0 Å². The molecular weight excluding hydrogens is 264 g/mol. The van der Waals surface area contributed by atoms with Crippen LogP contribution in [-0.4, -0.2) is 28.3 Å². The highest BCUT2D eigenvalue weighted by Gasteiger charge is 2.11. The zero-order valence-corrected chi connectivity index (χ0v) is 10.9. The van der Waals surface area contributed by atoms with Crippen molar-refractivity contribution in [1.29, 1.82) is 0 Å². The van der Waals surface area contributed by atoms with Crippen molar-refractivity contribution in [2.24, 2.45) is 0 Å². The van der Waals surface area contributed by atoms with Crippen molar-refractivity contribution in [1.82, 2.24) is 9.80 Å². The molecule has 1 aliphatic heterocycles. The van der Waals surface area contributed by atoms with Gasteiger partial charge < -0.3 is 9.80 Å². The Morgan fingerprint density at radius 1 is 1.06 bits per heavy atom. The lowest BCUT2D eigenvalue weighted by Crippen LogP contribution is -2.25. The highest BCUT2D eigenvalue weighted by molar-refractivity contribution is 9.09. The Labute approximate surface area is 106 Å². The first kappa shape index (κ1) is 11.5. The van der Waals surface area contributed by atoms with Gasteiger partial charge in [-0.25, -0.2) is 0 Å². The summed E-state index contributed by atoms with van der Waals surface area (Å²) in [5.74, 6) is 0. The summed E-state index contributed by atoms with van der Waals surface area (Å²) in [5, 5.41) is 1.08. The summed E-state index contributed by atoms with van der Waals surface area (Å²) < 4.78 is 0. The molecule has 0 saturated heterocycles. The predicted molar refractivity (Wildman–Crippen MR) is 71.1 cm³/mol. The number of benzene rings is 1. The van der Waals surface area contributed by atoms with Crippen LogP contribution >= 0.6 is 15.9 Å². The quantitative estimate of drug-likeness (QED) is 0.765. The van der Waals surface area contributed by atoms with Gasteiger partial charge in [0.25, 0.3) is 0 Å². The largest absolute Gasteiger partial charge is 0.359 e. The van der Waals surface area contributed by atoms with E-state index in [-0.39, 0.29) is 0 Å². The Morgan fingerprint density at radius 2 is 1.81 bits per heavy atom. The van der Waals surface area contributed by atoms with E-state index in [2.05, 4.69) is 68.5 Å². The van der Waals surface area contributed by atoms with E-state index in [0.717, 1.165) is 25.1 Å². The topological polar surface area (TPSA) is 6.48 Å². The molecule has 0 radical (unpaired) electrons. The second kappa shape index (κ2) is 5.94. The second-order valence-corrected chi connectivity index (χ2v) is 4.82. The minimum atomic E-state index is 1.00. The number of hydrogen-bond acceptors (Lipinski definition) is 2. The molecule has 0 amide bonds. The minimum Gasteiger partial charge on any atom is -0.359 e. The molecule has 1 aromatic rings. The molecule has 0 unspecified atom stereocenters. The van der Waals surface area contributed by atoms with E-state index in [4.69, 9.17) is 0 Å². The monoisotopic (exact) mass is 280 g/mol. The van der Waals surface area contributed by atoms with Crippen molar-refractivity contribution in [2.75, 3.05) is 18.5 Å². The highest BCUT2D eigenvalue weighted by Crippen LogP contribution is 2.12. The first-order valence-corrected chi connectivity index (χ1v) is 6.77. The summed E-state index contributed by atoms with van der Waals surface area (Å²) >= 11 is 3.46. The van der Waals surface area contributed by atoms with Crippen LogP contribution in [0.15, 0.2) is 42.7 Å². The van der Waals surface area contributed by atoms with Gasteiger partial charge in [0.15, 0.2) is 0 Å². The molecule has 86 valence electrons. The molecule has 1 aromatic carbocycles. The van der Waals surface area contributed by atoms with Crippen molar-refractivity contribution in [3.63, 3.8) is 0 Å². The number of alkyl halides is 1. The molecule has 0 atom stereocenters. The van der Waals surface area contributed by atoms with Gasteiger partial charge in [0.2, 0.25) is 0 Å². The van der Waals surface area contributed by atoms with Crippen LogP contribution < -0.4 is 0 Å². The smallest absolute Gasteiger partial charge is 0.0897 e. The maximum Gasteiger partial charge on any atom is 0.0897 e. The van der Waals surface area contributed by atoms with E-state index in [9.17, 15) is 0 Å². The van der Waals surface area contributed by atoms with Crippen molar-refractivity contribution in [3.05, 3.63) is 48.3 Å². The molecule has 2 rings (SSSR count). The van der Waals surface area contributed by atoms with Crippen LogP contribution in [0.5, 0.6) is 0 Å². The van der Waals surface area contributed by atoms with Gasteiger partial charge in [-0.1, -0.05) is 46.3 Å². The van der Waals surface area contributed by atoms with Crippen LogP contribution in [-0.2, 0) is 6.54 Å². The zero-order chi connectivity index (χ0) is 11.2. The third kappa shape index (κ3) is 3.27. The number of hydrogen-bond donors (Lipinski definition) is 0. The van der Waals surface area contributed by atoms with E-state index in [1.54, 1.807) is 0 Å². The number of halogens is 1. The van der Waals surface area contributed by atoms with Gasteiger partial charge in [-0.2, -0.15) is 0 Å². The molecule has 0 saturated carbocycles. The Morgan fingerprint density at radius 3 is 2.56 bits per heavy atom. The summed E-state index contributed by atoms with van der Waals surface area (Å²) in [7, 11) is 0. The van der Waals surface area contributed by atoms with Gasteiger partial charge in [0, 0.05) is 30.8 Å². The lowest BCUT2D eigenvalue weighted by molar-refractivity contribution is 0.261. The number of nitrogens with zero attached hydrogens (tertiary/aromatic N) is 2. The summed E-state index contributed by atoms with van der Waals surface area (Å²) in [6.45, 7) is 3.15. The molecule has 1 aliphatic rings. The fraction of sp³-hybridized carbons (Fsp3) is 0.385. The highest BCUT2D eigenvalue weighted by atomic mass is 79.9. The van der Waals surface area contributed by atoms with Crippen LogP contribution in [0.25, 0.3) is 0 Å². The van der Waals surface area contributed by atoms with Crippen LogP contribution in [0.4, 0.5) is 0 Å². The van der Waals surface area contributed by atoms with Gasteiger partial charge in [-0.15, -0.1) is 0 Å². The molecule has 0 N–H and O–H groups in total. The molecule has 2 nitrogen and oxygen atoms in total. The predicted octanol–water partition coefficient (Wildman–Crippen LogP) is 3.02. The van der Waals surface area contributed by atoms with E-state index < -0.39 is 0 Å². The second-order valence-electron chi connectivity index (χ2n) is 4.03. The lowest BCUT2D eigenvalue weighted by Gasteiger charge is -2.21. The first-order chi connectivity index (χ1) is 7.88. The normalized spacial score (nSPS) is 14.8.